The van der Waals surface area contributed by atoms with Gasteiger partial charge in [0, 0.05) is 19.2 Å². The summed E-state index contributed by atoms with van der Waals surface area (Å²) < 4.78 is 8.05. The van der Waals surface area contributed by atoms with E-state index in [1.807, 2.05) is 37.0 Å². The van der Waals surface area contributed by atoms with E-state index in [0.717, 1.165) is 33.7 Å². The van der Waals surface area contributed by atoms with Gasteiger partial charge < -0.3 is 10.1 Å². The maximum absolute atomic E-state index is 5.22. The second-order valence-corrected chi connectivity index (χ2v) is 4.88. The first-order valence-electron chi connectivity index (χ1n) is 5.67. The molecule has 1 aromatic carbocycles. The monoisotopic (exact) mass is 309 g/mol. The lowest BCUT2D eigenvalue weighted by molar-refractivity contribution is 0.412. The van der Waals surface area contributed by atoms with Crippen LogP contribution in [0.1, 0.15) is 5.69 Å². The highest BCUT2D eigenvalue weighted by molar-refractivity contribution is 9.10. The van der Waals surface area contributed by atoms with Crippen LogP contribution in [0.3, 0.4) is 0 Å². The second kappa shape index (κ2) is 5.54. The van der Waals surface area contributed by atoms with Crippen molar-refractivity contribution in [2.75, 3.05) is 14.2 Å². The Morgan fingerprint density at radius 1 is 1.39 bits per heavy atom. The number of hydrogen-bond donors (Lipinski definition) is 1. The van der Waals surface area contributed by atoms with Crippen LogP contribution in [-0.2, 0) is 13.6 Å². The third kappa shape index (κ3) is 2.57. The summed E-state index contributed by atoms with van der Waals surface area (Å²) in [5.41, 5.74) is 3.19. The van der Waals surface area contributed by atoms with Gasteiger partial charge in [0.25, 0.3) is 0 Å². The molecule has 5 heteroatoms. The molecule has 2 rings (SSSR count). The lowest BCUT2D eigenvalue weighted by atomic mass is 10.1. The fraction of sp³-hybridized carbons (Fsp3) is 0.308. The molecule has 0 atom stereocenters. The maximum Gasteiger partial charge on any atom is 0.133 e. The van der Waals surface area contributed by atoms with E-state index in [0.29, 0.717) is 0 Å². The molecule has 0 aliphatic carbocycles. The quantitative estimate of drug-likeness (QED) is 0.943. The topological polar surface area (TPSA) is 39.1 Å². The summed E-state index contributed by atoms with van der Waals surface area (Å²) in [5, 5.41) is 7.64. The summed E-state index contributed by atoms with van der Waals surface area (Å²) >= 11 is 3.49. The maximum atomic E-state index is 5.22. The number of benzene rings is 1. The van der Waals surface area contributed by atoms with Crippen LogP contribution in [0, 0.1) is 0 Å². The van der Waals surface area contributed by atoms with Crippen LogP contribution in [-0.4, -0.2) is 23.9 Å². The Morgan fingerprint density at radius 2 is 2.17 bits per heavy atom. The normalized spacial score (nSPS) is 10.7. The zero-order valence-corrected chi connectivity index (χ0v) is 12.3. The minimum Gasteiger partial charge on any atom is -0.496 e. The summed E-state index contributed by atoms with van der Waals surface area (Å²) in [6, 6.07) is 8.05. The molecule has 0 spiro atoms. The van der Waals surface area contributed by atoms with Gasteiger partial charge >= 0.3 is 0 Å². The van der Waals surface area contributed by atoms with Crippen LogP contribution in [0.4, 0.5) is 0 Å². The molecular weight excluding hydrogens is 294 g/mol. The Balaban J connectivity index is 2.36. The number of halogens is 1. The molecule has 0 fully saturated rings. The van der Waals surface area contributed by atoms with E-state index >= 15 is 0 Å². The lowest BCUT2D eigenvalue weighted by Gasteiger charge is -2.04. The average molecular weight is 310 g/mol. The average Bonchev–Trinajstić information content (AvgIpc) is 2.71. The number of methoxy groups -OCH3 is 1. The molecule has 0 bridgehead atoms. The summed E-state index contributed by atoms with van der Waals surface area (Å²) in [7, 11) is 5.54. The highest BCUT2D eigenvalue weighted by Crippen LogP contribution is 2.30. The van der Waals surface area contributed by atoms with E-state index in [1.54, 1.807) is 7.11 Å². The predicted molar refractivity (Wildman–Crippen MR) is 75.7 cm³/mol. The Bertz CT molecular complexity index is 551. The van der Waals surface area contributed by atoms with Crippen LogP contribution in [0.25, 0.3) is 11.3 Å². The number of aromatic nitrogens is 2. The highest BCUT2D eigenvalue weighted by atomic mass is 79.9. The minimum atomic E-state index is 0.806. The van der Waals surface area contributed by atoms with Crippen molar-refractivity contribution < 1.29 is 4.74 Å². The molecule has 0 aliphatic heterocycles. The summed E-state index contributed by atoms with van der Waals surface area (Å²) in [6.45, 7) is 0.806. The molecule has 0 saturated carbocycles. The van der Waals surface area contributed by atoms with Gasteiger partial charge in [-0.15, -0.1) is 0 Å². The smallest absolute Gasteiger partial charge is 0.133 e. The molecule has 0 aliphatic rings. The Hall–Kier alpha value is -1.33. The molecule has 4 nitrogen and oxygen atoms in total. The van der Waals surface area contributed by atoms with E-state index in [-0.39, 0.29) is 0 Å². The molecule has 1 heterocycles. The largest absolute Gasteiger partial charge is 0.496 e. The third-order valence-electron chi connectivity index (χ3n) is 2.78. The fourth-order valence-corrected chi connectivity index (χ4v) is 2.36. The first-order chi connectivity index (χ1) is 8.65. The number of aryl methyl sites for hydroxylation is 1. The molecule has 0 amide bonds. The van der Waals surface area contributed by atoms with E-state index in [2.05, 4.69) is 32.4 Å². The Morgan fingerprint density at radius 3 is 2.78 bits per heavy atom. The van der Waals surface area contributed by atoms with Crippen molar-refractivity contribution in [3.05, 3.63) is 34.4 Å². The highest BCUT2D eigenvalue weighted by Gasteiger charge is 2.08. The molecule has 1 N–H and O–H groups in total. The molecule has 0 saturated heterocycles. The Labute approximate surface area is 115 Å². The first-order valence-corrected chi connectivity index (χ1v) is 6.46. The van der Waals surface area contributed by atoms with Crippen LogP contribution in [0.15, 0.2) is 28.7 Å². The lowest BCUT2D eigenvalue weighted by Crippen LogP contribution is -2.09. The first kappa shape index (κ1) is 13.1. The van der Waals surface area contributed by atoms with Gasteiger partial charge in [-0.2, -0.15) is 5.10 Å². The van der Waals surface area contributed by atoms with Gasteiger partial charge in [0.1, 0.15) is 5.75 Å². The van der Waals surface area contributed by atoms with Crippen LogP contribution < -0.4 is 10.1 Å². The van der Waals surface area contributed by atoms with Crippen molar-refractivity contribution in [1.29, 1.82) is 0 Å². The number of rotatable bonds is 4. The van der Waals surface area contributed by atoms with Crippen LogP contribution >= 0.6 is 15.9 Å². The van der Waals surface area contributed by atoms with E-state index < -0.39 is 0 Å². The number of nitrogens with zero attached hydrogens (tertiary/aromatic N) is 2. The molecule has 2 aromatic rings. The summed E-state index contributed by atoms with van der Waals surface area (Å²) in [6.07, 6.45) is 0. The summed E-state index contributed by atoms with van der Waals surface area (Å²) in [4.78, 5) is 0. The van der Waals surface area contributed by atoms with Gasteiger partial charge in [0.15, 0.2) is 0 Å². The zero-order valence-electron chi connectivity index (χ0n) is 10.7. The van der Waals surface area contributed by atoms with Crippen molar-refractivity contribution in [1.82, 2.24) is 15.1 Å². The van der Waals surface area contributed by atoms with Crippen LogP contribution in [0.5, 0.6) is 5.75 Å². The number of hydrogen-bond acceptors (Lipinski definition) is 3. The van der Waals surface area contributed by atoms with Crippen molar-refractivity contribution in [3.8, 4) is 17.0 Å². The molecule has 0 unspecified atom stereocenters. The fourth-order valence-electron chi connectivity index (χ4n) is 1.82. The van der Waals surface area contributed by atoms with Crippen LogP contribution in [0.2, 0.25) is 0 Å². The molecule has 1 aromatic heterocycles. The minimum absolute atomic E-state index is 0.806. The molecule has 0 radical (unpaired) electrons. The van der Waals surface area contributed by atoms with Crippen molar-refractivity contribution in [2.24, 2.45) is 7.05 Å². The Kier molecular flexibility index (Phi) is 4.04. The van der Waals surface area contributed by atoms with E-state index in [4.69, 9.17) is 4.74 Å². The summed E-state index contributed by atoms with van der Waals surface area (Å²) in [5.74, 6) is 0.824. The van der Waals surface area contributed by atoms with Gasteiger partial charge in [-0.05, 0) is 47.2 Å². The van der Waals surface area contributed by atoms with E-state index in [1.165, 1.54) is 0 Å². The van der Waals surface area contributed by atoms with Gasteiger partial charge in [0.2, 0.25) is 0 Å². The van der Waals surface area contributed by atoms with E-state index in [9.17, 15) is 0 Å². The number of ether oxygens (including phenoxy) is 1. The molecule has 96 valence electrons. The van der Waals surface area contributed by atoms with Gasteiger partial charge in [-0.3, -0.25) is 4.68 Å². The molecule has 18 heavy (non-hydrogen) atoms. The zero-order chi connectivity index (χ0) is 13.1. The third-order valence-corrected chi connectivity index (χ3v) is 3.40. The SMILES string of the molecule is CNCc1cc(-c2ccc(OC)c(Br)c2)nn1C. The van der Waals surface area contributed by atoms with Gasteiger partial charge in [0.05, 0.1) is 23.0 Å². The van der Waals surface area contributed by atoms with Crippen molar-refractivity contribution in [2.45, 2.75) is 6.54 Å². The van der Waals surface area contributed by atoms with Gasteiger partial charge in [-0.25, -0.2) is 0 Å². The van der Waals surface area contributed by atoms with Gasteiger partial charge in [-0.1, -0.05) is 0 Å². The van der Waals surface area contributed by atoms with Crippen molar-refractivity contribution >= 4 is 15.9 Å². The molecular formula is C13H16BrN3O. The van der Waals surface area contributed by atoms with Crippen molar-refractivity contribution in [3.63, 3.8) is 0 Å². The predicted octanol–water partition coefficient (Wildman–Crippen LogP) is 2.58. The standard InChI is InChI=1S/C13H16BrN3O/c1-15-8-10-7-12(16-17(10)2)9-4-5-13(18-3)11(14)6-9/h4-7,15H,8H2,1-3H3. The second-order valence-electron chi connectivity index (χ2n) is 4.02. The number of nitrogens with one attached hydrogen (secondary N) is 1.